The third-order valence-electron chi connectivity index (χ3n) is 5.29. The Bertz CT molecular complexity index is 783. The van der Waals surface area contributed by atoms with Crippen LogP contribution < -0.4 is 21.9 Å². The van der Waals surface area contributed by atoms with E-state index in [1.807, 2.05) is 6.92 Å². The molecule has 0 aliphatic carbocycles. The molecule has 1 aliphatic heterocycles. The number of carbonyl (C=O) groups excluding carboxylic acids is 1. The van der Waals surface area contributed by atoms with Crippen LogP contribution in [0.1, 0.15) is 65.2 Å². The molecule has 2 heterocycles. The minimum absolute atomic E-state index is 0.0438. The second-order valence-electron chi connectivity index (χ2n) is 7.71. The van der Waals surface area contributed by atoms with E-state index in [2.05, 4.69) is 11.9 Å². The van der Waals surface area contributed by atoms with Crippen LogP contribution in [-0.2, 0) is 20.8 Å². The fourth-order valence-electron chi connectivity index (χ4n) is 3.54. The lowest BCUT2D eigenvalue weighted by Gasteiger charge is -2.24. The largest absolute Gasteiger partial charge is 0.383 e. The highest BCUT2D eigenvalue weighted by molar-refractivity contribution is 5.95. The van der Waals surface area contributed by atoms with E-state index in [0.29, 0.717) is 19.7 Å². The topological polar surface area (TPSA) is 120 Å². The van der Waals surface area contributed by atoms with E-state index in [9.17, 15) is 14.4 Å². The summed E-state index contributed by atoms with van der Waals surface area (Å²) < 4.78 is 12.5. The van der Waals surface area contributed by atoms with Crippen molar-refractivity contribution in [3.8, 4) is 0 Å². The number of carbonyl (C=O) groups is 1. The van der Waals surface area contributed by atoms with Crippen molar-refractivity contribution in [2.45, 2.75) is 77.9 Å². The van der Waals surface area contributed by atoms with Gasteiger partial charge >= 0.3 is 5.69 Å². The smallest absolute Gasteiger partial charge is 0.330 e. The molecule has 1 saturated heterocycles. The van der Waals surface area contributed by atoms with E-state index in [1.165, 1.54) is 9.47 Å². The molecule has 1 aliphatic rings. The van der Waals surface area contributed by atoms with Crippen LogP contribution in [0.3, 0.4) is 0 Å². The number of nitrogen functional groups attached to an aromatic ring is 1. The normalized spacial score (nSPS) is 16.1. The molecule has 0 bridgehead atoms. The van der Waals surface area contributed by atoms with Crippen molar-refractivity contribution in [1.29, 1.82) is 0 Å². The molecule has 30 heavy (non-hydrogen) atoms. The fraction of sp³-hybridized carbons (Fsp3) is 0.762. The first-order valence-electron chi connectivity index (χ1n) is 11.1. The van der Waals surface area contributed by atoms with Crippen LogP contribution in [0.4, 0.5) is 11.5 Å². The van der Waals surface area contributed by atoms with Gasteiger partial charge in [0, 0.05) is 19.7 Å². The lowest BCUT2D eigenvalue weighted by Crippen LogP contribution is -2.42. The molecule has 170 valence electrons. The Labute approximate surface area is 177 Å². The van der Waals surface area contributed by atoms with Crippen LogP contribution in [0.2, 0.25) is 0 Å². The zero-order valence-electron chi connectivity index (χ0n) is 18.3. The molecule has 1 atom stereocenters. The van der Waals surface area contributed by atoms with Crippen molar-refractivity contribution in [2.75, 3.05) is 37.0 Å². The average Bonchev–Trinajstić information content (AvgIpc) is 3.23. The van der Waals surface area contributed by atoms with Crippen LogP contribution in [0.15, 0.2) is 9.59 Å². The van der Waals surface area contributed by atoms with Gasteiger partial charge in [-0.3, -0.25) is 19.1 Å². The van der Waals surface area contributed by atoms with Crippen molar-refractivity contribution in [2.24, 2.45) is 0 Å². The van der Waals surface area contributed by atoms with E-state index in [0.717, 1.165) is 51.6 Å². The number of nitrogens with one attached hydrogen (secondary N) is 1. The molecular formula is C21H36N4O5. The maximum atomic E-state index is 13.0. The van der Waals surface area contributed by atoms with Gasteiger partial charge in [0.2, 0.25) is 5.91 Å². The number of H-pyrrole nitrogens is 1. The molecule has 0 spiro atoms. The van der Waals surface area contributed by atoms with Gasteiger partial charge in [-0.05, 0) is 25.7 Å². The average molecular weight is 425 g/mol. The van der Waals surface area contributed by atoms with Crippen molar-refractivity contribution < 1.29 is 14.3 Å². The predicted molar refractivity (Wildman–Crippen MR) is 117 cm³/mol. The molecule has 2 rings (SSSR count). The Hall–Kier alpha value is -2.13. The Morgan fingerprint density at radius 2 is 2.03 bits per heavy atom. The number of unbranched alkanes of at least 4 members (excludes halogenated alkanes) is 3. The molecule has 0 radical (unpaired) electrons. The first kappa shape index (κ1) is 24.1. The van der Waals surface area contributed by atoms with E-state index in [1.54, 1.807) is 0 Å². The van der Waals surface area contributed by atoms with Gasteiger partial charge in [0.05, 0.1) is 25.7 Å². The van der Waals surface area contributed by atoms with Gasteiger partial charge in [0.25, 0.3) is 5.56 Å². The second-order valence-corrected chi connectivity index (χ2v) is 7.71. The fourth-order valence-corrected chi connectivity index (χ4v) is 3.54. The van der Waals surface area contributed by atoms with E-state index in [-0.39, 0.29) is 36.5 Å². The highest BCUT2D eigenvalue weighted by atomic mass is 16.5. The number of amides is 1. The maximum Gasteiger partial charge on any atom is 0.330 e. The van der Waals surface area contributed by atoms with Gasteiger partial charge in [-0.2, -0.15) is 0 Å². The third kappa shape index (κ3) is 6.70. The number of hydrogen-bond donors (Lipinski definition) is 2. The number of anilines is 2. The summed E-state index contributed by atoms with van der Waals surface area (Å²) in [7, 11) is 0. The molecule has 1 fully saturated rings. The zero-order chi connectivity index (χ0) is 21.9. The highest BCUT2D eigenvalue weighted by Gasteiger charge is 2.24. The number of nitrogens with zero attached hydrogens (tertiary/aromatic N) is 2. The van der Waals surface area contributed by atoms with E-state index < -0.39 is 11.2 Å². The Kier molecular flexibility index (Phi) is 10.1. The summed E-state index contributed by atoms with van der Waals surface area (Å²) in [6.45, 7) is 6.31. The summed E-state index contributed by atoms with van der Waals surface area (Å²) in [5, 5.41) is 0. The molecule has 1 unspecified atom stereocenters. The predicted octanol–water partition coefficient (Wildman–Crippen LogP) is 2.03. The van der Waals surface area contributed by atoms with Gasteiger partial charge in [0.15, 0.2) is 5.69 Å². The monoisotopic (exact) mass is 424 g/mol. The van der Waals surface area contributed by atoms with Crippen LogP contribution in [-0.4, -0.2) is 47.9 Å². The van der Waals surface area contributed by atoms with Crippen molar-refractivity contribution in [1.82, 2.24) is 9.55 Å². The van der Waals surface area contributed by atoms with Crippen LogP contribution in [0, 0.1) is 0 Å². The lowest BCUT2D eigenvalue weighted by atomic mass is 10.2. The SMILES string of the molecule is CCCCCN(C(=O)CCOCC1CCCO1)c1c(N)n(CCCC)c(=O)[nH]c1=O. The van der Waals surface area contributed by atoms with Gasteiger partial charge in [0.1, 0.15) is 5.82 Å². The molecule has 3 N–H and O–H groups in total. The molecule has 1 amide bonds. The number of ether oxygens (including phenoxy) is 2. The second kappa shape index (κ2) is 12.5. The Morgan fingerprint density at radius 3 is 2.70 bits per heavy atom. The molecule has 9 heteroatoms. The quantitative estimate of drug-likeness (QED) is 0.468. The summed E-state index contributed by atoms with van der Waals surface area (Å²) in [5.74, 6) is -0.196. The van der Waals surface area contributed by atoms with Gasteiger partial charge in [-0.25, -0.2) is 4.79 Å². The van der Waals surface area contributed by atoms with Crippen LogP contribution in [0.5, 0.6) is 0 Å². The zero-order valence-corrected chi connectivity index (χ0v) is 18.3. The van der Waals surface area contributed by atoms with E-state index >= 15 is 0 Å². The Morgan fingerprint density at radius 1 is 1.27 bits per heavy atom. The number of aromatic amines is 1. The summed E-state index contributed by atoms with van der Waals surface area (Å²) >= 11 is 0. The first-order valence-corrected chi connectivity index (χ1v) is 11.1. The number of aromatic nitrogens is 2. The maximum absolute atomic E-state index is 13.0. The highest BCUT2D eigenvalue weighted by Crippen LogP contribution is 2.19. The molecule has 1 aromatic rings. The molecule has 9 nitrogen and oxygen atoms in total. The molecular weight excluding hydrogens is 388 g/mol. The minimum Gasteiger partial charge on any atom is -0.383 e. The van der Waals surface area contributed by atoms with Crippen LogP contribution >= 0.6 is 0 Å². The lowest BCUT2D eigenvalue weighted by molar-refractivity contribution is -0.120. The van der Waals surface area contributed by atoms with Gasteiger partial charge < -0.3 is 20.1 Å². The summed E-state index contributed by atoms with van der Waals surface area (Å²) in [4.78, 5) is 41.5. The first-order chi connectivity index (χ1) is 14.5. The van der Waals surface area contributed by atoms with Crippen molar-refractivity contribution >= 4 is 17.4 Å². The van der Waals surface area contributed by atoms with Crippen molar-refractivity contribution in [3.63, 3.8) is 0 Å². The Balaban J connectivity index is 2.15. The molecule has 0 aromatic carbocycles. The number of rotatable bonds is 13. The van der Waals surface area contributed by atoms with Crippen LogP contribution in [0.25, 0.3) is 0 Å². The number of hydrogen-bond acceptors (Lipinski definition) is 6. The number of nitrogens with two attached hydrogens (primary N) is 1. The van der Waals surface area contributed by atoms with Gasteiger partial charge in [-0.15, -0.1) is 0 Å². The summed E-state index contributed by atoms with van der Waals surface area (Å²) in [6.07, 6.45) is 6.51. The third-order valence-corrected chi connectivity index (χ3v) is 5.29. The summed E-state index contributed by atoms with van der Waals surface area (Å²) in [6, 6.07) is 0. The standard InChI is InChI=1S/C21H36N4O5/c1-3-5-7-12-24(17(26)10-14-29-15-16-9-8-13-30-16)18-19(22)25(11-6-4-2)21(28)23-20(18)27/h16H,3-15,22H2,1-2H3,(H,23,27,28). The van der Waals surface area contributed by atoms with E-state index in [4.69, 9.17) is 15.2 Å². The van der Waals surface area contributed by atoms with Gasteiger partial charge in [-0.1, -0.05) is 33.1 Å². The summed E-state index contributed by atoms with van der Waals surface area (Å²) in [5.41, 5.74) is 5.09. The van der Waals surface area contributed by atoms with Crippen molar-refractivity contribution in [3.05, 3.63) is 20.8 Å². The molecule has 0 saturated carbocycles. The molecule has 1 aromatic heterocycles. The minimum atomic E-state index is -0.629.